The van der Waals surface area contributed by atoms with Crippen molar-refractivity contribution in [2.24, 2.45) is 5.41 Å². The largest absolute Gasteiger partial charge is 0.310 e. The monoisotopic (exact) mass is 895 g/mol. The first-order valence-corrected chi connectivity index (χ1v) is 23.6. The average molecular weight is 895 g/mol. The van der Waals surface area contributed by atoms with E-state index < -0.39 is 0 Å². The van der Waals surface area contributed by atoms with Gasteiger partial charge >= 0.3 is 0 Å². The van der Waals surface area contributed by atoms with Gasteiger partial charge in [0, 0.05) is 38.2 Å². The maximum absolute atomic E-state index is 7.51. The van der Waals surface area contributed by atoms with Gasteiger partial charge < -0.3 is 9.98 Å². The molecule has 4 aromatic carbocycles. The van der Waals surface area contributed by atoms with Gasteiger partial charge in [-0.05, 0) is 105 Å². The fraction of sp³-hybridized carbons (Fsp3) is 0.222. The predicted molar refractivity (Wildman–Crippen MR) is 305 cm³/mol. The first-order valence-electron chi connectivity index (χ1n) is 23.2. The molecule has 1 atom stereocenters. The SMILES string of the molecule is C/C=C\C=C/CC.C=C.C=C(C)/C=C\c1ccc(-c2ccccc2)cc1.C=CC(C)(CC)C1=C(C)CC=C1.C=CC/C=C(\S)c1ccc(-n2c(=C/C)/c(=C\C=N)c3ccccc32)cc1.CC. The fourth-order valence-electron chi connectivity index (χ4n) is 6.91. The topological polar surface area (TPSA) is 28.8 Å². The minimum absolute atomic E-state index is 0.192. The van der Waals surface area contributed by atoms with Gasteiger partial charge in [-0.15, -0.1) is 38.9 Å². The summed E-state index contributed by atoms with van der Waals surface area (Å²) in [5, 5.41) is 10.8. The van der Waals surface area contributed by atoms with Gasteiger partial charge in [-0.1, -0.05) is 210 Å². The van der Waals surface area contributed by atoms with Gasteiger partial charge in [-0.3, -0.25) is 0 Å². The van der Waals surface area contributed by atoms with E-state index in [-0.39, 0.29) is 5.41 Å². The zero-order chi connectivity index (χ0) is 49.3. The molecular formula is C63H78N2S. The molecule has 1 aliphatic carbocycles. The first kappa shape index (κ1) is 57.6. The van der Waals surface area contributed by atoms with E-state index in [2.05, 4.69) is 211 Å². The van der Waals surface area contributed by atoms with E-state index in [1.807, 2.05) is 83.2 Å². The second-order valence-corrected chi connectivity index (χ2v) is 15.7. The standard InChI is InChI=1S/C23H22N2S.C17H16.C12H18.C7H12.C2H6.C2H4/c1-3-5-10-23(26)17-11-13-18(14-12-17)25-21(4-2)20(15-16-24)19-8-6-7-9-22(19)25;1-14(2)8-9-15-10-12-17(13-11-15)16-6-4-3-5-7-16;1-5-12(4,6-2)11-9-7-8-10(11)3;1-3-5-7-6-4-2;2*1-2/h3-4,6-16,24,26H,1,5H2,2H3;3-13H,1H2,2H3;5,7,9H,1,6,8H2,2-4H3;3,5-7H,4H2,1-2H3;1-2H3;1-2H2/b20-15-,21-4+,23-10-,24-16?;9-8-;;5-3-,7-6-;;. The Morgan fingerprint density at radius 2 is 1.47 bits per heavy atom. The molecule has 66 heavy (non-hydrogen) atoms. The number of rotatable bonds is 13. The number of para-hydroxylation sites is 1. The fourth-order valence-corrected chi connectivity index (χ4v) is 7.16. The first-order chi connectivity index (χ1) is 32.0. The quantitative estimate of drug-likeness (QED) is 0.0510. The Labute approximate surface area is 406 Å². The molecule has 0 fully saturated rings. The Bertz CT molecular complexity index is 2550. The molecule has 0 bridgehead atoms. The number of allylic oxidation sites excluding steroid dienone is 13. The zero-order valence-corrected chi connectivity index (χ0v) is 42.6. The number of thiol groups is 1. The van der Waals surface area contributed by atoms with Gasteiger partial charge in [-0.2, -0.15) is 0 Å². The van der Waals surface area contributed by atoms with Crippen LogP contribution >= 0.6 is 12.6 Å². The molecule has 0 saturated carbocycles. The smallest absolute Gasteiger partial charge is 0.0540 e. The summed E-state index contributed by atoms with van der Waals surface area (Å²) < 4.78 is 2.24. The normalized spacial score (nSPS) is 13.3. The van der Waals surface area contributed by atoms with Crippen molar-refractivity contribution in [3.8, 4) is 16.8 Å². The van der Waals surface area contributed by atoms with Gasteiger partial charge in [0.25, 0.3) is 0 Å². The van der Waals surface area contributed by atoms with Crippen LogP contribution in [0.25, 0.3) is 50.9 Å². The summed E-state index contributed by atoms with van der Waals surface area (Å²) in [4.78, 5) is 0.953. The van der Waals surface area contributed by atoms with Crippen LogP contribution in [0.4, 0.5) is 0 Å². The molecule has 1 aliphatic rings. The summed E-state index contributed by atoms with van der Waals surface area (Å²) in [6.07, 6.45) is 32.3. The van der Waals surface area contributed by atoms with Gasteiger partial charge in [-0.25, -0.2) is 0 Å². The second kappa shape index (κ2) is 33.1. The lowest BCUT2D eigenvalue weighted by Crippen LogP contribution is -2.28. The summed E-state index contributed by atoms with van der Waals surface area (Å²) >= 11 is 4.58. The molecule has 0 spiro atoms. The Hall–Kier alpha value is -6.42. The highest BCUT2D eigenvalue weighted by Gasteiger charge is 2.24. The van der Waals surface area contributed by atoms with Crippen LogP contribution < -0.4 is 10.6 Å². The Balaban J connectivity index is 0.000000469. The number of hydrogen-bond donors (Lipinski definition) is 2. The molecule has 346 valence electrons. The van der Waals surface area contributed by atoms with Crippen LogP contribution in [-0.4, -0.2) is 10.8 Å². The highest BCUT2D eigenvalue weighted by Crippen LogP contribution is 2.38. The van der Waals surface area contributed by atoms with Gasteiger partial charge in [0.1, 0.15) is 0 Å². The summed E-state index contributed by atoms with van der Waals surface area (Å²) in [5.41, 5.74) is 11.2. The number of nitrogens with one attached hydrogen (secondary N) is 1. The molecule has 1 heterocycles. The summed E-state index contributed by atoms with van der Waals surface area (Å²) in [5.74, 6) is 0. The number of nitrogens with zero attached hydrogens (tertiary/aromatic N) is 1. The highest BCUT2D eigenvalue weighted by atomic mass is 32.1. The lowest BCUT2D eigenvalue weighted by molar-refractivity contribution is 0.504. The zero-order valence-electron chi connectivity index (χ0n) is 41.7. The molecule has 0 amide bonds. The third kappa shape index (κ3) is 18.2. The van der Waals surface area contributed by atoms with Crippen molar-refractivity contribution >= 4 is 52.9 Å². The summed E-state index contributed by atoms with van der Waals surface area (Å²) in [6, 6.07) is 35.7. The average Bonchev–Trinajstić information content (AvgIpc) is 3.95. The van der Waals surface area contributed by atoms with Crippen LogP contribution in [0.5, 0.6) is 0 Å². The van der Waals surface area contributed by atoms with E-state index in [1.54, 1.807) is 0 Å². The number of hydrogen-bond acceptors (Lipinski definition) is 2. The van der Waals surface area contributed by atoms with Crippen molar-refractivity contribution in [3.63, 3.8) is 0 Å². The van der Waals surface area contributed by atoms with Crippen molar-refractivity contribution in [1.82, 2.24) is 4.57 Å². The Kier molecular flexibility index (Phi) is 28.9. The highest BCUT2D eigenvalue weighted by molar-refractivity contribution is 7.90. The molecule has 6 rings (SSSR count). The molecule has 3 heteroatoms. The third-order valence-corrected chi connectivity index (χ3v) is 11.0. The molecule has 1 unspecified atom stereocenters. The van der Waals surface area contributed by atoms with E-state index in [0.717, 1.165) is 68.9 Å². The van der Waals surface area contributed by atoms with Gasteiger partial charge in [0.2, 0.25) is 0 Å². The van der Waals surface area contributed by atoms with Crippen molar-refractivity contribution in [2.45, 2.75) is 88.0 Å². The van der Waals surface area contributed by atoms with Gasteiger partial charge in [0.05, 0.1) is 5.52 Å². The van der Waals surface area contributed by atoms with Crippen molar-refractivity contribution in [2.75, 3.05) is 0 Å². The molecule has 0 saturated heterocycles. The van der Waals surface area contributed by atoms with Crippen molar-refractivity contribution < 1.29 is 0 Å². The van der Waals surface area contributed by atoms with Gasteiger partial charge in [0.15, 0.2) is 0 Å². The lowest BCUT2D eigenvalue weighted by Gasteiger charge is -2.26. The van der Waals surface area contributed by atoms with Crippen LogP contribution in [0, 0.1) is 10.8 Å². The number of benzene rings is 4. The van der Waals surface area contributed by atoms with Crippen LogP contribution in [0.3, 0.4) is 0 Å². The molecule has 2 nitrogen and oxygen atoms in total. The number of fused-ring (bicyclic) bond motifs is 1. The van der Waals surface area contributed by atoms with Crippen molar-refractivity contribution in [1.29, 1.82) is 5.41 Å². The maximum Gasteiger partial charge on any atom is 0.0540 e. The van der Waals surface area contributed by atoms with E-state index >= 15 is 0 Å². The summed E-state index contributed by atoms with van der Waals surface area (Å²) in [6.45, 7) is 36.4. The minimum atomic E-state index is 0.192. The van der Waals surface area contributed by atoms with Crippen molar-refractivity contribution in [3.05, 3.63) is 235 Å². The Morgan fingerprint density at radius 1 is 0.848 bits per heavy atom. The molecule has 1 N–H and O–H groups in total. The lowest BCUT2D eigenvalue weighted by atomic mass is 9.79. The third-order valence-electron chi connectivity index (χ3n) is 10.6. The van der Waals surface area contributed by atoms with Crippen LogP contribution in [-0.2, 0) is 0 Å². The minimum Gasteiger partial charge on any atom is -0.310 e. The molecule has 1 aromatic heterocycles. The van der Waals surface area contributed by atoms with E-state index in [4.69, 9.17) is 5.41 Å². The van der Waals surface area contributed by atoms with Crippen LogP contribution in [0.2, 0.25) is 0 Å². The maximum atomic E-state index is 7.51. The van der Waals surface area contributed by atoms with E-state index in [9.17, 15) is 0 Å². The van der Waals surface area contributed by atoms with Crippen LogP contribution in [0.1, 0.15) is 99.1 Å². The van der Waals surface area contributed by atoms with E-state index in [1.165, 1.54) is 34.1 Å². The molecular weight excluding hydrogens is 817 g/mol. The molecule has 5 aromatic rings. The Morgan fingerprint density at radius 3 is 1.98 bits per heavy atom. The molecule has 0 aliphatic heterocycles. The number of aromatic nitrogens is 1. The predicted octanol–water partition coefficient (Wildman–Crippen LogP) is 17.9. The molecule has 0 radical (unpaired) electrons. The van der Waals surface area contributed by atoms with Crippen LogP contribution in [0.15, 0.2) is 214 Å². The van der Waals surface area contributed by atoms with E-state index in [0.29, 0.717) is 0 Å². The second-order valence-electron chi connectivity index (χ2n) is 15.2. The summed E-state index contributed by atoms with van der Waals surface area (Å²) in [7, 11) is 0.